The molecule has 19 heteroatoms. The number of carbonyl (C=O) groups is 4. The van der Waals surface area contributed by atoms with Gasteiger partial charge in [0.25, 0.3) is 5.91 Å². The molecule has 5 amide bonds. The molecule has 8 heterocycles. The molecule has 2 saturated heterocycles. The van der Waals surface area contributed by atoms with Crippen molar-refractivity contribution in [3.63, 3.8) is 0 Å². The van der Waals surface area contributed by atoms with Crippen LogP contribution in [0.25, 0.3) is 0 Å². The Morgan fingerprint density at radius 3 is 1.66 bits per heavy atom. The van der Waals surface area contributed by atoms with Crippen LogP contribution in [0.2, 0.25) is 0 Å². The van der Waals surface area contributed by atoms with Gasteiger partial charge >= 0.3 is 18.0 Å². The average molecular weight is 811 g/mol. The van der Waals surface area contributed by atoms with Crippen LogP contribution in [0.1, 0.15) is 47.7 Å². The summed E-state index contributed by atoms with van der Waals surface area (Å²) >= 11 is 0. The van der Waals surface area contributed by atoms with Gasteiger partial charge in [-0.2, -0.15) is 0 Å². The van der Waals surface area contributed by atoms with Crippen molar-refractivity contribution < 1.29 is 33.8 Å². The fourth-order valence-corrected chi connectivity index (χ4v) is 7.25. The second kappa shape index (κ2) is 19.3. The molecule has 19 nitrogen and oxygen atoms in total. The Morgan fingerprint density at radius 2 is 1.24 bits per heavy atom. The van der Waals surface area contributed by atoms with Crippen LogP contribution in [0.4, 0.5) is 44.2 Å². The zero-order valence-electron chi connectivity index (χ0n) is 33.4. The van der Waals surface area contributed by atoms with E-state index in [2.05, 4.69) is 50.4 Å². The maximum absolute atomic E-state index is 13.1. The van der Waals surface area contributed by atoms with E-state index in [4.69, 9.17) is 10.5 Å². The highest BCUT2D eigenvalue weighted by Gasteiger charge is 2.42. The molecule has 6 N–H and O–H groups in total. The number of carboxylic acids is 1. The van der Waals surface area contributed by atoms with Gasteiger partial charge in [-0.3, -0.25) is 25.2 Å². The molecule has 0 radical (unpaired) electrons. The largest absolute Gasteiger partial charge is 0.477 e. The average Bonchev–Trinajstić information content (AvgIpc) is 3.84. The maximum Gasteiger partial charge on any atom is 0.354 e. The lowest BCUT2D eigenvalue weighted by molar-refractivity contribution is 0.0690. The molecule has 4 aromatic heterocycles. The van der Waals surface area contributed by atoms with Gasteiger partial charge in [0.15, 0.2) is 17.3 Å². The Labute approximate surface area is 341 Å². The van der Waals surface area contributed by atoms with Crippen molar-refractivity contribution in [2.45, 2.75) is 50.9 Å². The summed E-state index contributed by atoms with van der Waals surface area (Å²) in [5.41, 5.74) is 7.11. The molecule has 4 atom stereocenters. The summed E-state index contributed by atoms with van der Waals surface area (Å²) in [6.45, 7) is 7.96. The maximum atomic E-state index is 13.1. The minimum atomic E-state index is -1.11. The van der Waals surface area contributed by atoms with Crippen molar-refractivity contribution in [1.82, 2.24) is 25.3 Å². The van der Waals surface area contributed by atoms with Crippen LogP contribution < -0.4 is 41.3 Å². The third-order valence-corrected chi connectivity index (χ3v) is 9.82. The molecule has 4 aliphatic heterocycles. The summed E-state index contributed by atoms with van der Waals surface area (Å²) in [6, 6.07) is 16.7. The van der Waals surface area contributed by atoms with Gasteiger partial charge in [0.05, 0.1) is 36.7 Å². The summed E-state index contributed by atoms with van der Waals surface area (Å²) in [7, 11) is 3.23. The number of pyridine rings is 4. The molecule has 0 saturated carbocycles. The number of fused-ring (bicyclic) bond motifs is 8. The van der Waals surface area contributed by atoms with Crippen molar-refractivity contribution in [3.05, 3.63) is 84.4 Å². The number of nitrogens with one attached hydrogen (secondary N) is 3. The molecule has 0 aliphatic carbocycles. The molecule has 8 rings (SSSR count). The molecule has 4 aliphatic rings. The molecule has 2 unspecified atom stereocenters. The zero-order chi connectivity index (χ0) is 42.1. The van der Waals surface area contributed by atoms with Gasteiger partial charge in [-0.25, -0.2) is 34.3 Å². The van der Waals surface area contributed by atoms with Gasteiger partial charge < -0.3 is 35.4 Å². The first kappa shape index (κ1) is 42.2. The highest BCUT2D eigenvalue weighted by molar-refractivity contribution is 6.06. The number of urea groups is 2. The first-order valence-corrected chi connectivity index (χ1v) is 19.3. The number of aromatic carboxylic acids is 1. The quantitative estimate of drug-likeness (QED) is 0.162. The number of nitrogens with two attached hydrogens (primary N) is 1. The summed E-state index contributed by atoms with van der Waals surface area (Å²) in [4.78, 5) is 74.2. The lowest BCUT2D eigenvalue weighted by Crippen LogP contribution is -2.48. The number of nitrogens with zero attached hydrogens (tertiary/aromatic N) is 8. The van der Waals surface area contributed by atoms with E-state index in [1.54, 1.807) is 78.9 Å². The molecular formula is C40H50N12O7. The fourth-order valence-electron chi connectivity index (χ4n) is 7.25. The van der Waals surface area contributed by atoms with Crippen molar-refractivity contribution in [1.29, 1.82) is 0 Å². The summed E-state index contributed by atoms with van der Waals surface area (Å²) < 4.78 is 9.74. The summed E-state index contributed by atoms with van der Waals surface area (Å²) in [5, 5.41) is 17.6. The zero-order valence-corrected chi connectivity index (χ0v) is 33.4. The highest BCUT2D eigenvalue weighted by atomic mass is 16.5. The van der Waals surface area contributed by atoms with Gasteiger partial charge in [-0.05, 0) is 75.2 Å². The normalized spacial score (nSPS) is 17.8. The standard InChI is InChI=1S/C20H24N6O3.C16H15N5O3.C4H11NO/c1-13(12-29-2)22-19(27)15-6-7-16-18(23-15)26(14-8-10-25(16)11-14)20(28)24-17-5-3-4-9-21-17;22-15(23)11-4-5-12-14(18-11)21(10-6-8-20(12)9-10)16(24)19-13-3-1-2-7-17-13;1-4(5)3-6-2/h3-7,9,13-14H,8,10-12H2,1-2H3,(H,22,27)(H,21,24,28);1-5,7,10H,6,8-9H2,(H,22,23)(H,17,19,24);4H,3,5H2,1-2H3/t13?,14-;10-;/m00./s1. The predicted octanol–water partition coefficient (Wildman–Crippen LogP) is 3.66. The van der Waals surface area contributed by atoms with Crippen LogP contribution in [-0.4, -0.2) is 127 Å². The molecule has 0 spiro atoms. The second-order valence-corrected chi connectivity index (χ2v) is 14.5. The minimum absolute atomic E-state index is 0.00411. The van der Waals surface area contributed by atoms with E-state index in [1.807, 2.05) is 26.0 Å². The number of carbonyl (C=O) groups excluding carboxylic acids is 3. The van der Waals surface area contributed by atoms with Crippen molar-refractivity contribution in [3.8, 4) is 0 Å². The van der Waals surface area contributed by atoms with Crippen LogP contribution in [0, 0.1) is 0 Å². The van der Waals surface area contributed by atoms with Crippen molar-refractivity contribution in [2.75, 3.05) is 83.8 Å². The van der Waals surface area contributed by atoms with E-state index in [9.17, 15) is 24.3 Å². The van der Waals surface area contributed by atoms with Crippen LogP contribution in [0.15, 0.2) is 73.1 Å². The molecule has 0 aromatic carbocycles. The van der Waals surface area contributed by atoms with Gasteiger partial charge in [0.2, 0.25) is 0 Å². The van der Waals surface area contributed by atoms with E-state index in [-0.39, 0.29) is 53.5 Å². The Kier molecular flexibility index (Phi) is 13.8. The van der Waals surface area contributed by atoms with Crippen molar-refractivity contribution in [2.24, 2.45) is 5.73 Å². The van der Waals surface area contributed by atoms with Crippen LogP contribution in [0.3, 0.4) is 0 Å². The topological polar surface area (TPSA) is 234 Å². The van der Waals surface area contributed by atoms with Gasteiger partial charge in [-0.1, -0.05) is 12.1 Å². The minimum Gasteiger partial charge on any atom is -0.477 e. The third kappa shape index (κ3) is 10.2. The predicted molar refractivity (Wildman–Crippen MR) is 222 cm³/mol. The van der Waals surface area contributed by atoms with E-state index >= 15 is 0 Å². The van der Waals surface area contributed by atoms with Crippen LogP contribution in [0.5, 0.6) is 0 Å². The van der Waals surface area contributed by atoms with Crippen LogP contribution >= 0.6 is 0 Å². The number of ether oxygens (including phenoxy) is 2. The lowest BCUT2D eigenvalue weighted by Gasteiger charge is -2.35. The van der Waals surface area contributed by atoms with E-state index in [1.165, 1.54) is 6.07 Å². The number of hydrogen-bond donors (Lipinski definition) is 5. The third-order valence-electron chi connectivity index (χ3n) is 9.82. The number of anilines is 6. The number of carboxylic acid groups (broad SMARTS) is 1. The van der Waals surface area contributed by atoms with Crippen molar-refractivity contribution >= 4 is 58.6 Å². The molecule has 312 valence electrons. The smallest absolute Gasteiger partial charge is 0.354 e. The Hall–Kier alpha value is -6.44. The molecule has 2 fully saturated rings. The number of methoxy groups -OCH3 is 2. The second-order valence-electron chi connectivity index (χ2n) is 14.5. The first-order valence-electron chi connectivity index (χ1n) is 19.3. The monoisotopic (exact) mass is 810 g/mol. The number of amides is 5. The first-order chi connectivity index (χ1) is 28.5. The van der Waals surface area contributed by atoms with Gasteiger partial charge in [-0.15, -0.1) is 0 Å². The molecular weight excluding hydrogens is 761 g/mol. The van der Waals surface area contributed by atoms with E-state index in [0.717, 1.165) is 50.4 Å². The SMILES string of the molecule is COCC(C)N.COCC(C)NC(=O)c1ccc2c(n1)N(C(=O)Nc1ccccn1)[C@H]1CCN2C1.O=C(O)c1ccc2c(n1)N(C(=O)Nc1ccccn1)[C@H]1CCN2C1. The van der Waals surface area contributed by atoms with E-state index in [0.29, 0.717) is 36.5 Å². The number of hydrogen-bond acceptors (Lipinski definition) is 13. The molecule has 4 bridgehead atoms. The summed E-state index contributed by atoms with van der Waals surface area (Å²) in [5.74, 6) is 0.392. The molecule has 4 aromatic rings. The Balaban J connectivity index is 0.000000177. The Bertz CT molecular complexity index is 2090. The summed E-state index contributed by atoms with van der Waals surface area (Å²) in [6.07, 6.45) is 4.88. The van der Waals surface area contributed by atoms with Gasteiger partial charge in [0, 0.05) is 64.9 Å². The Morgan fingerprint density at radius 1 is 0.746 bits per heavy atom. The van der Waals surface area contributed by atoms with E-state index < -0.39 is 5.97 Å². The molecule has 59 heavy (non-hydrogen) atoms. The van der Waals surface area contributed by atoms with Crippen LogP contribution in [-0.2, 0) is 9.47 Å². The number of aromatic nitrogens is 4. The highest BCUT2D eigenvalue weighted by Crippen LogP contribution is 2.40. The number of rotatable bonds is 9. The van der Waals surface area contributed by atoms with Gasteiger partial charge in [0.1, 0.15) is 17.3 Å². The lowest BCUT2D eigenvalue weighted by atomic mass is 10.1. The fraction of sp³-hybridized carbons (Fsp3) is 0.400.